The average molecular weight is 456 g/mol. The molecule has 0 spiro atoms. The molecule has 3 N–H and O–H groups in total. The maximum absolute atomic E-state index is 13.7. The summed E-state index contributed by atoms with van der Waals surface area (Å²) in [6.45, 7) is 2.32. The third-order valence-electron chi connectivity index (χ3n) is 7.24. The van der Waals surface area contributed by atoms with Crippen LogP contribution in [0.5, 0.6) is 5.75 Å². The molecule has 9 nitrogen and oxygen atoms in total. The molecule has 1 aromatic rings. The predicted octanol–water partition coefficient (Wildman–Crippen LogP) is -0.0498. The van der Waals surface area contributed by atoms with Crippen LogP contribution in [0.3, 0.4) is 0 Å². The van der Waals surface area contributed by atoms with E-state index in [0.29, 0.717) is 18.8 Å². The van der Waals surface area contributed by atoms with Crippen LogP contribution in [0.2, 0.25) is 0 Å². The number of rotatable bonds is 5. The summed E-state index contributed by atoms with van der Waals surface area (Å²) in [5.74, 6) is -9.03. The quantitative estimate of drug-likeness (QED) is 0.587. The average Bonchev–Trinajstić information content (AvgIpc) is 2.74. The van der Waals surface area contributed by atoms with Gasteiger partial charge in [0.1, 0.15) is 5.75 Å². The zero-order chi connectivity index (χ0) is 24.2. The fourth-order valence-corrected chi connectivity index (χ4v) is 5.86. The molecule has 2 unspecified atom stereocenters. The van der Waals surface area contributed by atoms with Gasteiger partial charge in [-0.1, -0.05) is 19.1 Å². The second-order valence-corrected chi connectivity index (χ2v) is 9.43. The fraction of sp³-hybridized carbons (Fsp3) is 0.542. The molecule has 3 aliphatic carbocycles. The highest BCUT2D eigenvalue weighted by atomic mass is 16.5. The fourth-order valence-electron chi connectivity index (χ4n) is 5.86. The van der Waals surface area contributed by atoms with E-state index in [0.717, 1.165) is 12.0 Å². The van der Waals surface area contributed by atoms with Crippen LogP contribution < -0.4 is 10.5 Å². The number of ether oxygens (including phenoxy) is 1. The number of hydrogen-bond donors (Lipinski definition) is 2. The summed E-state index contributed by atoms with van der Waals surface area (Å²) in [5.41, 5.74) is 3.70. The number of Topliss-reactive ketones (excluding diaryl/α,β-unsaturated/α-hetero) is 4. The topological polar surface area (TPSA) is 144 Å². The van der Waals surface area contributed by atoms with Gasteiger partial charge in [-0.05, 0) is 50.9 Å². The summed E-state index contributed by atoms with van der Waals surface area (Å²) in [4.78, 5) is 67.0. The molecule has 2 fully saturated rings. The minimum atomic E-state index is -2.64. The van der Waals surface area contributed by atoms with Gasteiger partial charge in [-0.25, -0.2) is 0 Å². The third-order valence-corrected chi connectivity index (χ3v) is 7.24. The van der Waals surface area contributed by atoms with Gasteiger partial charge >= 0.3 is 0 Å². The third kappa shape index (κ3) is 3.25. The van der Waals surface area contributed by atoms with E-state index in [4.69, 9.17) is 10.5 Å². The molecular formula is C24H28N2O7. The predicted molar refractivity (Wildman–Crippen MR) is 115 cm³/mol. The summed E-state index contributed by atoms with van der Waals surface area (Å²) in [6, 6.07) is 4.18. The van der Waals surface area contributed by atoms with E-state index in [9.17, 15) is 29.1 Å². The highest BCUT2D eigenvalue weighted by Gasteiger charge is 2.69. The van der Waals surface area contributed by atoms with E-state index in [1.54, 1.807) is 32.3 Å². The molecule has 9 heteroatoms. The molecule has 0 heterocycles. The van der Waals surface area contributed by atoms with Crippen molar-refractivity contribution in [2.75, 3.05) is 20.7 Å². The lowest BCUT2D eigenvalue weighted by Gasteiger charge is -2.52. The number of fused-ring (bicyclic) bond motifs is 3. The van der Waals surface area contributed by atoms with E-state index < -0.39 is 64.4 Å². The van der Waals surface area contributed by atoms with Crippen molar-refractivity contribution in [1.82, 2.24) is 4.90 Å². The minimum absolute atomic E-state index is 0.101. The first kappa shape index (κ1) is 23.3. The zero-order valence-corrected chi connectivity index (χ0v) is 18.9. The molecule has 0 aliphatic heterocycles. The van der Waals surface area contributed by atoms with Crippen LogP contribution in [0.1, 0.15) is 35.7 Å². The molecule has 33 heavy (non-hydrogen) atoms. The van der Waals surface area contributed by atoms with Crippen molar-refractivity contribution >= 4 is 29.0 Å². The molecule has 2 saturated carbocycles. The standard InChI is InChI=1S/C24H28N2O7/c1-4-8-33-14-7-5-6-11-9-12-10-13-18(26(2)3)20(28)17(23(25)31)22(30)24(13,32)21(29)16(12)19(27)15(11)14/h5-7,12-13,16-18,32H,4,8-10H2,1-3H3,(H2,25,31)/t12-,13-,16?,17?,18-,24-/m0/s1. The number of carbonyl (C=O) groups excluding carboxylic acids is 5. The molecule has 6 atom stereocenters. The monoisotopic (exact) mass is 456 g/mol. The summed E-state index contributed by atoms with van der Waals surface area (Å²) < 4.78 is 5.73. The molecule has 1 amide bonds. The van der Waals surface area contributed by atoms with Gasteiger partial charge < -0.3 is 15.6 Å². The number of amides is 1. The van der Waals surface area contributed by atoms with Crippen molar-refractivity contribution in [3.63, 3.8) is 0 Å². The number of benzene rings is 1. The lowest BCUT2D eigenvalue weighted by molar-refractivity contribution is -0.181. The first-order valence-electron chi connectivity index (χ1n) is 11.1. The molecule has 4 rings (SSSR count). The summed E-state index contributed by atoms with van der Waals surface area (Å²) in [7, 11) is 3.15. The highest BCUT2D eigenvalue weighted by Crippen LogP contribution is 2.50. The lowest BCUT2D eigenvalue weighted by atomic mass is 9.52. The van der Waals surface area contributed by atoms with Gasteiger partial charge in [0, 0.05) is 5.92 Å². The number of primary amides is 1. The largest absolute Gasteiger partial charge is 0.493 e. The maximum Gasteiger partial charge on any atom is 0.235 e. The van der Waals surface area contributed by atoms with Crippen molar-refractivity contribution in [2.45, 2.75) is 37.8 Å². The van der Waals surface area contributed by atoms with Gasteiger partial charge in [0.2, 0.25) is 5.91 Å². The summed E-state index contributed by atoms with van der Waals surface area (Å²) >= 11 is 0. The molecule has 3 aliphatic rings. The van der Waals surface area contributed by atoms with E-state index in [-0.39, 0.29) is 12.0 Å². The van der Waals surface area contributed by atoms with Crippen LogP contribution in [0.15, 0.2) is 18.2 Å². The first-order valence-corrected chi connectivity index (χ1v) is 11.1. The van der Waals surface area contributed by atoms with Crippen LogP contribution >= 0.6 is 0 Å². The Morgan fingerprint density at radius 1 is 1.21 bits per heavy atom. The number of likely N-dealkylation sites (N-methyl/N-ethyl adjacent to an activating group) is 1. The SMILES string of the molecule is CCCOc1cccc2c1C(=O)C1C(=O)[C@]3(O)C(=O)C(C(N)=O)C(=O)[C@@H](N(C)C)[C@@H]3C[C@@H]1C2. The van der Waals surface area contributed by atoms with Crippen LogP contribution in [0, 0.1) is 23.7 Å². The molecular weight excluding hydrogens is 428 g/mol. The van der Waals surface area contributed by atoms with E-state index >= 15 is 0 Å². The Morgan fingerprint density at radius 2 is 1.91 bits per heavy atom. The minimum Gasteiger partial charge on any atom is -0.493 e. The number of hydrogen-bond acceptors (Lipinski definition) is 8. The van der Waals surface area contributed by atoms with Crippen LogP contribution in [-0.4, -0.2) is 71.4 Å². The Morgan fingerprint density at radius 3 is 2.52 bits per heavy atom. The van der Waals surface area contributed by atoms with Crippen molar-refractivity contribution in [2.24, 2.45) is 29.4 Å². The van der Waals surface area contributed by atoms with E-state index in [1.807, 2.05) is 6.92 Å². The molecule has 0 aromatic heterocycles. The number of aliphatic hydroxyl groups is 1. The number of nitrogens with zero attached hydrogens (tertiary/aromatic N) is 1. The summed E-state index contributed by atoms with van der Waals surface area (Å²) in [6.07, 6.45) is 1.20. The van der Waals surface area contributed by atoms with Crippen molar-refractivity contribution in [1.29, 1.82) is 0 Å². The van der Waals surface area contributed by atoms with Crippen LogP contribution in [-0.2, 0) is 25.6 Å². The number of ketones is 4. The van der Waals surface area contributed by atoms with E-state index in [1.165, 1.54) is 4.90 Å². The summed E-state index contributed by atoms with van der Waals surface area (Å²) in [5, 5.41) is 11.5. The molecule has 0 saturated heterocycles. The van der Waals surface area contributed by atoms with Crippen LogP contribution in [0.25, 0.3) is 0 Å². The van der Waals surface area contributed by atoms with Gasteiger partial charge in [0.15, 0.2) is 34.7 Å². The second-order valence-electron chi connectivity index (χ2n) is 9.43. The van der Waals surface area contributed by atoms with Crippen molar-refractivity contribution < 1.29 is 33.8 Å². The Hall–Kier alpha value is -2.91. The number of nitrogens with two attached hydrogens (primary N) is 1. The molecule has 176 valence electrons. The Kier molecular flexibility index (Phi) is 5.74. The van der Waals surface area contributed by atoms with Gasteiger partial charge in [-0.15, -0.1) is 0 Å². The normalized spacial score (nSPS) is 33.4. The second kappa shape index (κ2) is 8.14. The molecule has 0 radical (unpaired) electrons. The Bertz CT molecular complexity index is 1060. The van der Waals surface area contributed by atoms with Gasteiger partial charge in [-0.2, -0.15) is 0 Å². The Balaban J connectivity index is 1.82. The van der Waals surface area contributed by atoms with Gasteiger partial charge in [0.25, 0.3) is 0 Å². The Labute approximate surface area is 191 Å². The lowest BCUT2D eigenvalue weighted by Crippen LogP contribution is -2.74. The highest BCUT2D eigenvalue weighted by molar-refractivity contribution is 6.32. The van der Waals surface area contributed by atoms with Gasteiger partial charge in [0.05, 0.1) is 24.1 Å². The molecule has 1 aromatic carbocycles. The number of carbonyl (C=O) groups is 5. The van der Waals surface area contributed by atoms with Gasteiger partial charge in [-0.3, -0.25) is 28.9 Å². The zero-order valence-electron chi connectivity index (χ0n) is 18.9. The first-order chi connectivity index (χ1) is 15.5. The van der Waals surface area contributed by atoms with Crippen molar-refractivity contribution in [3.8, 4) is 5.75 Å². The van der Waals surface area contributed by atoms with Crippen molar-refractivity contribution in [3.05, 3.63) is 29.3 Å². The maximum atomic E-state index is 13.7. The van der Waals surface area contributed by atoms with E-state index in [2.05, 4.69) is 0 Å². The van der Waals surface area contributed by atoms with Crippen LogP contribution in [0.4, 0.5) is 0 Å². The smallest absolute Gasteiger partial charge is 0.235 e. The molecule has 0 bridgehead atoms.